The van der Waals surface area contributed by atoms with Crippen molar-refractivity contribution in [3.8, 4) is 0 Å². The second-order valence-corrected chi connectivity index (χ2v) is 5.88. The number of carbonyl (C=O) groups excluding carboxylic acids is 1. The van der Waals surface area contributed by atoms with E-state index in [0.717, 1.165) is 26.0 Å². The third-order valence-corrected chi connectivity index (χ3v) is 3.79. The summed E-state index contributed by atoms with van der Waals surface area (Å²) in [5, 5.41) is 3.27. The van der Waals surface area contributed by atoms with Crippen LogP contribution >= 0.6 is 0 Å². The fraction of sp³-hybridized carbons (Fsp3) is 0.941. The second-order valence-electron chi connectivity index (χ2n) is 5.88. The quantitative estimate of drug-likeness (QED) is 0.393. The molecule has 0 rings (SSSR count). The third kappa shape index (κ3) is 9.86. The molecule has 0 amide bonds. The molecule has 4 nitrogen and oxygen atoms in total. The molecule has 0 aromatic heterocycles. The molecule has 21 heavy (non-hydrogen) atoms. The summed E-state index contributed by atoms with van der Waals surface area (Å²) in [5.41, 5.74) is -0.633. The Kier molecular flexibility index (Phi) is 12.7. The molecule has 0 aromatic carbocycles. The Morgan fingerprint density at radius 3 is 2.29 bits per heavy atom. The van der Waals surface area contributed by atoms with Gasteiger partial charge in [0, 0.05) is 13.2 Å². The van der Waals surface area contributed by atoms with Crippen LogP contribution in [0.5, 0.6) is 0 Å². The number of unbranched alkanes of at least 4 members (excludes halogenated alkanes) is 5. The predicted molar refractivity (Wildman–Crippen MR) is 87.5 cm³/mol. The fourth-order valence-corrected chi connectivity index (χ4v) is 2.25. The van der Waals surface area contributed by atoms with Crippen molar-refractivity contribution in [1.29, 1.82) is 0 Å². The fourth-order valence-electron chi connectivity index (χ4n) is 2.25. The molecule has 1 unspecified atom stereocenters. The van der Waals surface area contributed by atoms with Crippen molar-refractivity contribution in [2.24, 2.45) is 0 Å². The number of hydrogen-bond acceptors (Lipinski definition) is 4. The molecule has 0 bridgehead atoms. The van der Waals surface area contributed by atoms with Crippen molar-refractivity contribution < 1.29 is 14.3 Å². The number of nitrogens with one attached hydrogen (secondary N) is 1. The van der Waals surface area contributed by atoms with Gasteiger partial charge in [-0.1, -0.05) is 46.0 Å². The normalized spacial score (nSPS) is 13.9. The van der Waals surface area contributed by atoms with E-state index in [0.29, 0.717) is 13.0 Å². The van der Waals surface area contributed by atoms with Crippen LogP contribution in [0.1, 0.15) is 72.1 Å². The monoisotopic (exact) mass is 301 g/mol. The van der Waals surface area contributed by atoms with E-state index in [9.17, 15) is 4.79 Å². The van der Waals surface area contributed by atoms with Crippen LogP contribution in [0, 0.1) is 0 Å². The van der Waals surface area contributed by atoms with Gasteiger partial charge in [-0.15, -0.1) is 0 Å². The average molecular weight is 301 g/mol. The number of carbonyl (C=O) groups is 1. The minimum absolute atomic E-state index is 0.209. The molecule has 126 valence electrons. The van der Waals surface area contributed by atoms with Crippen molar-refractivity contribution in [3.63, 3.8) is 0 Å². The van der Waals surface area contributed by atoms with Gasteiger partial charge in [0.05, 0.1) is 7.11 Å². The van der Waals surface area contributed by atoms with Crippen molar-refractivity contribution in [2.75, 3.05) is 26.9 Å². The van der Waals surface area contributed by atoms with Gasteiger partial charge in [-0.2, -0.15) is 0 Å². The number of rotatable bonds is 14. The van der Waals surface area contributed by atoms with Crippen LogP contribution in [0.2, 0.25) is 0 Å². The van der Waals surface area contributed by atoms with Crippen molar-refractivity contribution in [3.05, 3.63) is 0 Å². The Hall–Kier alpha value is -0.610. The molecule has 0 fully saturated rings. The van der Waals surface area contributed by atoms with E-state index in [1.54, 1.807) is 0 Å². The molecule has 0 radical (unpaired) electrons. The van der Waals surface area contributed by atoms with Crippen LogP contribution in [0.4, 0.5) is 0 Å². The zero-order valence-corrected chi connectivity index (χ0v) is 14.5. The highest BCUT2D eigenvalue weighted by Crippen LogP contribution is 2.13. The van der Waals surface area contributed by atoms with E-state index in [2.05, 4.69) is 19.2 Å². The maximum absolute atomic E-state index is 11.9. The lowest BCUT2D eigenvalue weighted by Gasteiger charge is -2.27. The molecular formula is C17H35NO3. The molecule has 0 saturated carbocycles. The van der Waals surface area contributed by atoms with E-state index in [4.69, 9.17) is 9.47 Å². The molecule has 1 atom stereocenters. The Morgan fingerprint density at radius 2 is 1.67 bits per heavy atom. The van der Waals surface area contributed by atoms with Gasteiger partial charge in [-0.3, -0.25) is 4.79 Å². The van der Waals surface area contributed by atoms with Crippen LogP contribution in [0.25, 0.3) is 0 Å². The summed E-state index contributed by atoms with van der Waals surface area (Å²) in [4.78, 5) is 11.9. The first-order chi connectivity index (χ1) is 10.1. The summed E-state index contributed by atoms with van der Waals surface area (Å²) >= 11 is 0. The van der Waals surface area contributed by atoms with Gasteiger partial charge in [0.1, 0.15) is 5.54 Å². The molecule has 0 aliphatic heterocycles. The Balaban J connectivity index is 3.76. The summed E-state index contributed by atoms with van der Waals surface area (Å²) in [5.74, 6) is -0.209. The smallest absolute Gasteiger partial charge is 0.325 e. The van der Waals surface area contributed by atoms with Gasteiger partial charge >= 0.3 is 5.97 Å². The summed E-state index contributed by atoms with van der Waals surface area (Å²) in [6.45, 7) is 8.40. The molecule has 0 aliphatic carbocycles. The van der Waals surface area contributed by atoms with E-state index < -0.39 is 5.54 Å². The second kappa shape index (κ2) is 13.1. The van der Waals surface area contributed by atoms with E-state index in [1.807, 2.05) is 6.92 Å². The van der Waals surface area contributed by atoms with Crippen molar-refractivity contribution in [2.45, 2.75) is 77.7 Å². The van der Waals surface area contributed by atoms with Gasteiger partial charge < -0.3 is 14.8 Å². The van der Waals surface area contributed by atoms with Crippen molar-refractivity contribution >= 4 is 5.97 Å². The molecule has 0 aliphatic rings. The van der Waals surface area contributed by atoms with Crippen LogP contribution in [0.3, 0.4) is 0 Å². The highest BCUT2D eigenvalue weighted by molar-refractivity contribution is 5.80. The lowest BCUT2D eigenvalue weighted by atomic mass is 9.98. The van der Waals surface area contributed by atoms with Crippen LogP contribution in [0.15, 0.2) is 0 Å². The number of hydrogen-bond donors (Lipinski definition) is 1. The first-order valence-corrected chi connectivity index (χ1v) is 8.52. The topological polar surface area (TPSA) is 47.6 Å². The zero-order chi connectivity index (χ0) is 16.0. The summed E-state index contributed by atoms with van der Waals surface area (Å²) in [7, 11) is 1.44. The van der Waals surface area contributed by atoms with Gasteiger partial charge in [-0.05, 0) is 32.7 Å². The number of methoxy groups -OCH3 is 1. The van der Waals surface area contributed by atoms with Crippen molar-refractivity contribution in [1.82, 2.24) is 5.32 Å². The molecule has 0 aromatic rings. The van der Waals surface area contributed by atoms with Crippen LogP contribution < -0.4 is 5.32 Å². The lowest BCUT2D eigenvalue weighted by Crippen LogP contribution is -2.51. The number of esters is 1. The lowest BCUT2D eigenvalue weighted by molar-refractivity contribution is -0.148. The summed E-state index contributed by atoms with van der Waals surface area (Å²) in [6, 6.07) is 0. The van der Waals surface area contributed by atoms with Gasteiger partial charge in [0.15, 0.2) is 0 Å². The minimum atomic E-state index is -0.633. The van der Waals surface area contributed by atoms with E-state index >= 15 is 0 Å². The largest absolute Gasteiger partial charge is 0.468 e. The molecule has 4 heteroatoms. The van der Waals surface area contributed by atoms with Crippen LogP contribution in [-0.2, 0) is 14.3 Å². The molecular weight excluding hydrogens is 266 g/mol. The Morgan fingerprint density at radius 1 is 1.00 bits per heavy atom. The average Bonchev–Trinajstić information content (AvgIpc) is 2.50. The van der Waals surface area contributed by atoms with E-state index in [1.165, 1.54) is 39.2 Å². The Bertz CT molecular complexity index is 258. The van der Waals surface area contributed by atoms with Gasteiger partial charge in [-0.25, -0.2) is 0 Å². The number of ether oxygens (including phenoxy) is 2. The summed E-state index contributed by atoms with van der Waals surface area (Å²) < 4.78 is 10.6. The standard InChI is InChI=1S/C17H35NO3/c1-5-7-8-9-10-11-14-21-15-12-17(3,16(19)20-4)18-13-6-2/h18H,5-15H2,1-4H3. The Labute approximate surface area is 131 Å². The SMILES string of the molecule is CCCCCCCCOCCC(C)(NCCC)C(=O)OC. The predicted octanol–water partition coefficient (Wildman–Crippen LogP) is 3.68. The van der Waals surface area contributed by atoms with Gasteiger partial charge in [0.25, 0.3) is 0 Å². The molecule has 0 spiro atoms. The maximum atomic E-state index is 11.9. The summed E-state index contributed by atoms with van der Waals surface area (Å²) in [6.07, 6.45) is 9.24. The molecule has 1 N–H and O–H groups in total. The van der Waals surface area contributed by atoms with Gasteiger partial charge in [0.2, 0.25) is 0 Å². The first kappa shape index (κ1) is 20.4. The maximum Gasteiger partial charge on any atom is 0.325 e. The molecule has 0 heterocycles. The highest BCUT2D eigenvalue weighted by atomic mass is 16.5. The minimum Gasteiger partial charge on any atom is -0.468 e. The molecule has 0 saturated heterocycles. The van der Waals surface area contributed by atoms with E-state index in [-0.39, 0.29) is 5.97 Å². The first-order valence-electron chi connectivity index (χ1n) is 8.52. The third-order valence-electron chi connectivity index (χ3n) is 3.79. The highest BCUT2D eigenvalue weighted by Gasteiger charge is 2.33. The zero-order valence-electron chi connectivity index (χ0n) is 14.5. The van der Waals surface area contributed by atoms with Crippen LogP contribution in [-0.4, -0.2) is 38.4 Å².